The fourth-order valence-corrected chi connectivity index (χ4v) is 4.48. The Morgan fingerprint density at radius 1 is 1.17 bits per heavy atom. The normalized spacial score (nSPS) is 13.1. The topological polar surface area (TPSA) is 90.2 Å². The van der Waals surface area contributed by atoms with Crippen LogP contribution in [-0.2, 0) is 24.2 Å². The number of aromatic nitrogens is 4. The van der Waals surface area contributed by atoms with Crippen molar-refractivity contribution in [3.05, 3.63) is 88.4 Å². The van der Waals surface area contributed by atoms with Crippen LogP contribution in [0.5, 0.6) is 0 Å². The standard InChI is InChI=1S/C26H24FN5O3/c1-3-35-26(34)24-21-15-31(11-9-23(21)32(30-24)14-18-6-4-5-10-28-18)25(33)20-12-16(2)29-22-13-17(27)7-8-19(20)22/h4-8,10,12-13H,3,9,11,14-15H2,1-2H3. The molecular weight excluding hydrogens is 449 g/mol. The molecule has 5 rings (SSSR count). The van der Waals surface area contributed by atoms with Gasteiger partial charge in [0.25, 0.3) is 5.91 Å². The van der Waals surface area contributed by atoms with Gasteiger partial charge < -0.3 is 9.64 Å². The molecule has 35 heavy (non-hydrogen) atoms. The van der Waals surface area contributed by atoms with E-state index in [9.17, 15) is 14.0 Å². The van der Waals surface area contributed by atoms with Gasteiger partial charge in [-0.3, -0.25) is 19.4 Å². The third-order valence-corrected chi connectivity index (χ3v) is 6.06. The van der Waals surface area contributed by atoms with Gasteiger partial charge >= 0.3 is 5.97 Å². The molecule has 0 radical (unpaired) electrons. The maximum absolute atomic E-state index is 13.8. The van der Waals surface area contributed by atoms with Crippen molar-refractivity contribution in [2.45, 2.75) is 33.4 Å². The van der Waals surface area contributed by atoms with Gasteiger partial charge in [0.2, 0.25) is 0 Å². The first-order valence-electron chi connectivity index (χ1n) is 11.5. The first-order valence-corrected chi connectivity index (χ1v) is 11.5. The van der Waals surface area contributed by atoms with Crippen LogP contribution in [0.2, 0.25) is 0 Å². The Kier molecular flexibility index (Phi) is 5.98. The molecule has 0 aliphatic carbocycles. The minimum Gasteiger partial charge on any atom is -0.461 e. The number of rotatable bonds is 5. The maximum atomic E-state index is 13.8. The number of carbonyl (C=O) groups excluding carboxylic acids is 2. The van der Waals surface area contributed by atoms with Crippen molar-refractivity contribution in [3.8, 4) is 0 Å². The van der Waals surface area contributed by atoms with Gasteiger partial charge in [-0.05, 0) is 44.2 Å². The number of aryl methyl sites for hydroxylation is 1. The lowest BCUT2D eigenvalue weighted by atomic mass is 10.0. The molecule has 0 atom stereocenters. The lowest BCUT2D eigenvalue weighted by Crippen LogP contribution is -2.37. The van der Waals surface area contributed by atoms with Crippen LogP contribution in [-0.4, -0.2) is 49.7 Å². The van der Waals surface area contributed by atoms with Gasteiger partial charge in [-0.25, -0.2) is 9.18 Å². The summed E-state index contributed by atoms with van der Waals surface area (Å²) in [7, 11) is 0. The van der Waals surface area contributed by atoms with E-state index in [0.29, 0.717) is 47.2 Å². The lowest BCUT2D eigenvalue weighted by Gasteiger charge is -2.28. The predicted molar refractivity (Wildman–Crippen MR) is 126 cm³/mol. The number of halogens is 1. The largest absolute Gasteiger partial charge is 0.461 e. The van der Waals surface area contributed by atoms with Crippen molar-refractivity contribution >= 4 is 22.8 Å². The number of amides is 1. The van der Waals surface area contributed by atoms with Crippen molar-refractivity contribution in [2.24, 2.45) is 0 Å². The van der Waals surface area contributed by atoms with Crippen LogP contribution in [0.1, 0.15) is 50.4 Å². The molecule has 4 heterocycles. The molecule has 0 saturated heterocycles. The average Bonchev–Trinajstić information content (AvgIpc) is 3.21. The van der Waals surface area contributed by atoms with Gasteiger partial charge in [0.05, 0.1) is 36.5 Å². The molecule has 9 heteroatoms. The Morgan fingerprint density at radius 2 is 2.03 bits per heavy atom. The van der Waals surface area contributed by atoms with E-state index < -0.39 is 11.8 Å². The summed E-state index contributed by atoms with van der Waals surface area (Å²) in [5, 5.41) is 5.15. The van der Waals surface area contributed by atoms with Gasteiger partial charge in [0.1, 0.15) is 5.82 Å². The minimum atomic E-state index is -0.515. The molecule has 4 aromatic rings. The molecule has 1 aliphatic rings. The van der Waals surface area contributed by atoms with Crippen molar-refractivity contribution in [3.63, 3.8) is 0 Å². The van der Waals surface area contributed by atoms with Gasteiger partial charge in [0, 0.05) is 47.6 Å². The van der Waals surface area contributed by atoms with E-state index >= 15 is 0 Å². The van der Waals surface area contributed by atoms with E-state index in [1.165, 1.54) is 12.1 Å². The number of fused-ring (bicyclic) bond motifs is 2. The molecule has 0 fully saturated rings. The number of hydrogen-bond acceptors (Lipinski definition) is 6. The highest BCUT2D eigenvalue weighted by molar-refractivity contribution is 6.06. The molecule has 3 aromatic heterocycles. The number of hydrogen-bond donors (Lipinski definition) is 0. The number of benzene rings is 1. The highest BCUT2D eigenvalue weighted by Crippen LogP contribution is 2.27. The first-order chi connectivity index (χ1) is 16.9. The highest BCUT2D eigenvalue weighted by atomic mass is 19.1. The zero-order valence-corrected chi connectivity index (χ0v) is 19.5. The zero-order chi connectivity index (χ0) is 24.5. The summed E-state index contributed by atoms with van der Waals surface area (Å²) < 4.78 is 20.8. The van der Waals surface area contributed by atoms with Gasteiger partial charge in [-0.15, -0.1) is 0 Å². The van der Waals surface area contributed by atoms with Gasteiger partial charge in [0.15, 0.2) is 5.69 Å². The summed E-state index contributed by atoms with van der Waals surface area (Å²) in [5.74, 6) is -1.13. The Hall–Kier alpha value is -4.14. The lowest BCUT2D eigenvalue weighted by molar-refractivity contribution is 0.0513. The monoisotopic (exact) mass is 473 g/mol. The Morgan fingerprint density at radius 3 is 2.80 bits per heavy atom. The molecule has 0 unspecified atom stereocenters. The fraction of sp³-hybridized carbons (Fsp3) is 0.269. The van der Waals surface area contributed by atoms with Crippen molar-refractivity contribution in [1.29, 1.82) is 0 Å². The smallest absolute Gasteiger partial charge is 0.359 e. The summed E-state index contributed by atoms with van der Waals surface area (Å²) in [6.07, 6.45) is 2.24. The van der Waals surface area contributed by atoms with E-state index in [-0.39, 0.29) is 24.8 Å². The average molecular weight is 474 g/mol. The molecular formula is C26H24FN5O3. The Bertz CT molecular complexity index is 1430. The summed E-state index contributed by atoms with van der Waals surface area (Å²) in [6, 6.07) is 11.6. The molecule has 1 aromatic carbocycles. The molecule has 0 saturated carbocycles. The molecule has 0 bridgehead atoms. The van der Waals surface area contributed by atoms with E-state index in [1.54, 1.807) is 41.8 Å². The van der Waals surface area contributed by atoms with Crippen LogP contribution in [0, 0.1) is 12.7 Å². The SMILES string of the molecule is CCOC(=O)c1nn(Cc2ccccn2)c2c1CN(C(=O)c1cc(C)nc3cc(F)ccc13)CC2. The summed E-state index contributed by atoms with van der Waals surface area (Å²) in [5.41, 5.74) is 4.11. The molecule has 178 valence electrons. The molecule has 0 spiro atoms. The van der Waals surface area contributed by atoms with Crippen LogP contribution in [0.3, 0.4) is 0 Å². The van der Waals surface area contributed by atoms with Gasteiger partial charge in [-0.2, -0.15) is 5.10 Å². The van der Waals surface area contributed by atoms with Crippen LogP contribution in [0.15, 0.2) is 48.7 Å². The first kappa shape index (κ1) is 22.6. The molecule has 0 N–H and O–H groups in total. The number of pyridine rings is 2. The summed E-state index contributed by atoms with van der Waals surface area (Å²) in [4.78, 5) is 36.8. The Labute approximate surface area is 201 Å². The van der Waals surface area contributed by atoms with Crippen molar-refractivity contribution in [2.75, 3.05) is 13.2 Å². The summed E-state index contributed by atoms with van der Waals surface area (Å²) in [6.45, 7) is 4.82. The molecule has 1 aliphatic heterocycles. The van der Waals surface area contributed by atoms with Crippen molar-refractivity contribution in [1.82, 2.24) is 24.6 Å². The number of esters is 1. The van der Waals surface area contributed by atoms with Gasteiger partial charge in [-0.1, -0.05) is 6.07 Å². The maximum Gasteiger partial charge on any atom is 0.359 e. The Balaban J connectivity index is 1.51. The number of nitrogens with zero attached hydrogens (tertiary/aromatic N) is 5. The van der Waals surface area contributed by atoms with E-state index in [4.69, 9.17) is 4.74 Å². The van der Waals surface area contributed by atoms with Crippen LogP contribution < -0.4 is 0 Å². The number of ether oxygens (including phenoxy) is 1. The molecule has 8 nitrogen and oxygen atoms in total. The fourth-order valence-electron chi connectivity index (χ4n) is 4.48. The van der Waals surface area contributed by atoms with Crippen LogP contribution in [0.4, 0.5) is 4.39 Å². The second-order valence-electron chi connectivity index (χ2n) is 8.42. The quantitative estimate of drug-likeness (QED) is 0.411. The second-order valence-corrected chi connectivity index (χ2v) is 8.42. The van der Waals surface area contributed by atoms with E-state index in [2.05, 4.69) is 15.1 Å². The summed E-state index contributed by atoms with van der Waals surface area (Å²) >= 11 is 0. The number of carbonyl (C=O) groups is 2. The highest BCUT2D eigenvalue weighted by Gasteiger charge is 2.32. The zero-order valence-electron chi connectivity index (χ0n) is 19.5. The third-order valence-electron chi connectivity index (χ3n) is 6.06. The van der Waals surface area contributed by atoms with E-state index in [0.717, 1.165) is 11.4 Å². The predicted octanol–water partition coefficient (Wildman–Crippen LogP) is 3.70. The second kappa shape index (κ2) is 9.25. The molecule has 1 amide bonds. The van der Waals surface area contributed by atoms with Crippen LogP contribution >= 0.6 is 0 Å². The van der Waals surface area contributed by atoms with Crippen molar-refractivity contribution < 1.29 is 18.7 Å². The minimum absolute atomic E-state index is 0.204. The third kappa shape index (κ3) is 4.37. The van der Waals surface area contributed by atoms with E-state index in [1.807, 2.05) is 18.2 Å². The van der Waals surface area contributed by atoms with Crippen LogP contribution in [0.25, 0.3) is 10.9 Å².